The monoisotopic (exact) mass is 251 g/mol. The smallest absolute Gasteiger partial charge is 0.160 e. The number of rotatable bonds is 3. The fourth-order valence-electron chi connectivity index (χ4n) is 2.36. The van der Waals surface area contributed by atoms with Crippen LogP contribution in [0.15, 0.2) is 6.20 Å². The number of ether oxygens (including phenoxy) is 2. The van der Waals surface area contributed by atoms with E-state index in [0.717, 1.165) is 29.9 Å². The molecule has 1 aromatic rings. The Kier molecular flexibility index (Phi) is 3.94. The molecule has 1 atom stereocenters. The molecule has 1 saturated heterocycles. The van der Waals surface area contributed by atoms with Gasteiger partial charge in [0.15, 0.2) is 5.82 Å². The summed E-state index contributed by atoms with van der Waals surface area (Å²) in [7, 11) is 1.71. The third kappa shape index (κ3) is 2.39. The molecule has 0 saturated carbocycles. The molecule has 100 valence electrons. The van der Waals surface area contributed by atoms with Crippen molar-refractivity contribution in [1.82, 2.24) is 9.97 Å². The minimum atomic E-state index is -0.403. The van der Waals surface area contributed by atoms with Crippen LogP contribution in [0.4, 0.5) is 0 Å². The van der Waals surface area contributed by atoms with Crippen LogP contribution in [0.5, 0.6) is 0 Å². The second-order valence-electron chi connectivity index (χ2n) is 4.83. The SMILES string of the molecule is COC1(c2ncc([C@@H](C)N)c(C)n2)CCOCC1. The molecule has 0 radical (unpaired) electrons. The maximum atomic E-state index is 5.88. The molecule has 2 rings (SSSR count). The zero-order chi connectivity index (χ0) is 13.2. The van der Waals surface area contributed by atoms with E-state index in [9.17, 15) is 0 Å². The van der Waals surface area contributed by atoms with Crippen molar-refractivity contribution >= 4 is 0 Å². The fourth-order valence-corrected chi connectivity index (χ4v) is 2.36. The van der Waals surface area contributed by atoms with E-state index < -0.39 is 5.60 Å². The Bertz CT molecular complexity index is 415. The van der Waals surface area contributed by atoms with Gasteiger partial charge in [-0.05, 0) is 13.8 Å². The van der Waals surface area contributed by atoms with Gasteiger partial charge in [-0.25, -0.2) is 9.97 Å². The lowest BCUT2D eigenvalue weighted by Crippen LogP contribution is -2.37. The summed E-state index contributed by atoms with van der Waals surface area (Å²) in [5, 5.41) is 0. The Hall–Kier alpha value is -1.04. The zero-order valence-electron chi connectivity index (χ0n) is 11.3. The van der Waals surface area contributed by atoms with Crippen molar-refractivity contribution in [2.24, 2.45) is 5.73 Å². The van der Waals surface area contributed by atoms with Gasteiger partial charge in [-0.1, -0.05) is 0 Å². The van der Waals surface area contributed by atoms with Crippen LogP contribution in [0.25, 0.3) is 0 Å². The predicted octanol–water partition coefficient (Wildman–Crippen LogP) is 1.46. The molecule has 1 aliphatic rings. The number of aromatic nitrogens is 2. The molecule has 0 aliphatic carbocycles. The number of nitrogens with two attached hydrogens (primary N) is 1. The predicted molar refractivity (Wildman–Crippen MR) is 68.1 cm³/mol. The molecular weight excluding hydrogens is 230 g/mol. The van der Waals surface area contributed by atoms with Gasteiger partial charge in [0.2, 0.25) is 0 Å². The van der Waals surface area contributed by atoms with Gasteiger partial charge < -0.3 is 15.2 Å². The Morgan fingerprint density at radius 2 is 2.11 bits per heavy atom. The second kappa shape index (κ2) is 5.30. The number of aryl methyl sites for hydroxylation is 1. The topological polar surface area (TPSA) is 70.3 Å². The van der Waals surface area contributed by atoms with Gasteiger partial charge >= 0.3 is 0 Å². The third-order valence-electron chi connectivity index (χ3n) is 3.61. The Labute approximate surface area is 108 Å². The number of methoxy groups -OCH3 is 1. The molecule has 1 aromatic heterocycles. The van der Waals surface area contributed by atoms with Crippen molar-refractivity contribution in [3.05, 3.63) is 23.3 Å². The first-order valence-corrected chi connectivity index (χ1v) is 6.31. The molecule has 5 heteroatoms. The molecule has 0 aromatic carbocycles. The standard InChI is InChI=1S/C13H21N3O2/c1-9(14)11-8-15-12(16-10(11)2)13(17-3)4-6-18-7-5-13/h8-9H,4-7,14H2,1-3H3/t9-/m1/s1. The molecule has 1 fully saturated rings. The maximum absolute atomic E-state index is 5.88. The van der Waals surface area contributed by atoms with Crippen LogP contribution in [-0.4, -0.2) is 30.3 Å². The molecule has 0 unspecified atom stereocenters. The lowest BCUT2D eigenvalue weighted by molar-refractivity contribution is -0.100. The largest absolute Gasteiger partial charge is 0.381 e. The summed E-state index contributed by atoms with van der Waals surface area (Å²) >= 11 is 0. The van der Waals surface area contributed by atoms with Crippen LogP contribution < -0.4 is 5.73 Å². The minimum absolute atomic E-state index is 0.0489. The summed E-state index contributed by atoms with van der Waals surface area (Å²) in [5.41, 5.74) is 7.39. The summed E-state index contributed by atoms with van der Waals surface area (Å²) in [6, 6.07) is -0.0489. The normalized spacial score (nSPS) is 20.7. The number of hydrogen-bond acceptors (Lipinski definition) is 5. The highest BCUT2D eigenvalue weighted by Crippen LogP contribution is 2.33. The van der Waals surface area contributed by atoms with Crippen molar-refractivity contribution in [2.75, 3.05) is 20.3 Å². The van der Waals surface area contributed by atoms with Gasteiger partial charge in [0.05, 0.1) is 0 Å². The van der Waals surface area contributed by atoms with Crippen molar-refractivity contribution in [2.45, 2.75) is 38.3 Å². The van der Waals surface area contributed by atoms with Crippen LogP contribution in [0.2, 0.25) is 0 Å². The molecule has 5 nitrogen and oxygen atoms in total. The lowest BCUT2D eigenvalue weighted by atomic mass is 9.92. The molecule has 2 heterocycles. The summed E-state index contributed by atoms with van der Waals surface area (Å²) in [6.45, 7) is 5.27. The zero-order valence-corrected chi connectivity index (χ0v) is 11.3. The van der Waals surface area contributed by atoms with E-state index in [1.165, 1.54) is 0 Å². The summed E-state index contributed by atoms with van der Waals surface area (Å²) in [5.74, 6) is 0.746. The van der Waals surface area contributed by atoms with Gasteiger partial charge in [-0.3, -0.25) is 0 Å². The Morgan fingerprint density at radius 1 is 1.44 bits per heavy atom. The van der Waals surface area contributed by atoms with E-state index in [2.05, 4.69) is 9.97 Å². The highest BCUT2D eigenvalue weighted by atomic mass is 16.5. The second-order valence-corrected chi connectivity index (χ2v) is 4.83. The van der Waals surface area contributed by atoms with Crippen LogP contribution >= 0.6 is 0 Å². The van der Waals surface area contributed by atoms with Gasteiger partial charge in [-0.15, -0.1) is 0 Å². The molecule has 0 bridgehead atoms. The summed E-state index contributed by atoms with van der Waals surface area (Å²) < 4.78 is 11.1. The third-order valence-corrected chi connectivity index (χ3v) is 3.61. The Balaban J connectivity index is 2.34. The molecule has 1 aliphatic heterocycles. The summed E-state index contributed by atoms with van der Waals surface area (Å²) in [6.07, 6.45) is 3.40. The first-order chi connectivity index (χ1) is 8.59. The van der Waals surface area contributed by atoms with E-state index in [0.29, 0.717) is 13.2 Å². The van der Waals surface area contributed by atoms with Gasteiger partial charge in [0.25, 0.3) is 0 Å². The number of nitrogens with zero attached hydrogens (tertiary/aromatic N) is 2. The van der Waals surface area contributed by atoms with Gasteiger partial charge in [-0.2, -0.15) is 0 Å². The van der Waals surface area contributed by atoms with E-state index in [1.54, 1.807) is 7.11 Å². The van der Waals surface area contributed by atoms with Crippen LogP contribution in [0.3, 0.4) is 0 Å². The van der Waals surface area contributed by atoms with Crippen molar-refractivity contribution in [3.63, 3.8) is 0 Å². The summed E-state index contributed by atoms with van der Waals surface area (Å²) in [4.78, 5) is 9.05. The number of hydrogen-bond donors (Lipinski definition) is 1. The molecule has 0 spiro atoms. The van der Waals surface area contributed by atoms with Gasteiger partial charge in [0.1, 0.15) is 5.60 Å². The average Bonchev–Trinajstić information content (AvgIpc) is 2.39. The molecular formula is C13H21N3O2. The maximum Gasteiger partial charge on any atom is 0.160 e. The molecule has 2 N–H and O–H groups in total. The first kappa shape index (κ1) is 13.4. The van der Waals surface area contributed by atoms with E-state index in [-0.39, 0.29) is 6.04 Å². The quantitative estimate of drug-likeness (QED) is 0.880. The highest BCUT2D eigenvalue weighted by molar-refractivity contribution is 5.21. The van der Waals surface area contributed by atoms with E-state index in [1.807, 2.05) is 20.0 Å². The van der Waals surface area contributed by atoms with Crippen LogP contribution in [-0.2, 0) is 15.1 Å². The van der Waals surface area contributed by atoms with Crippen LogP contribution in [0.1, 0.15) is 42.9 Å². The fraction of sp³-hybridized carbons (Fsp3) is 0.692. The lowest BCUT2D eigenvalue weighted by Gasteiger charge is -2.34. The molecule has 18 heavy (non-hydrogen) atoms. The average molecular weight is 251 g/mol. The van der Waals surface area contributed by atoms with E-state index in [4.69, 9.17) is 15.2 Å². The van der Waals surface area contributed by atoms with Gasteiger partial charge in [0, 0.05) is 56.7 Å². The van der Waals surface area contributed by atoms with Crippen LogP contribution in [0, 0.1) is 6.92 Å². The Morgan fingerprint density at radius 3 is 2.61 bits per heavy atom. The minimum Gasteiger partial charge on any atom is -0.381 e. The van der Waals surface area contributed by atoms with Crippen molar-refractivity contribution in [3.8, 4) is 0 Å². The van der Waals surface area contributed by atoms with E-state index >= 15 is 0 Å². The van der Waals surface area contributed by atoms with Crippen molar-refractivity contribution in [1.29, 1.82) is 0 Å². The molecule has 0 amide bonds. The highest BCUT2D eigenvalue weighted by Gasteiger charge is 2.37. The first-order valence-electron chi connectivity index (χ1n) is 6.31. The van der Waals surface area contributed by atoms with Crippen molar-refractivity contribution < 1.29 is 9.47 Å².